The van der Waals surface area contributed by atoms with Crippen molar-refractivity contribution < 1.29 is 13.2 Å². The van der Waals surface area contributed by atoms with Crippen molar-refractivity contribution in [3.8, 4) is 12.5 Å². The van der Waals surface area contributed by atoms with Crippen LogP contribution in [0.5, 0.6) is 0 Å². The number of halogens is 3. The Morgan fingerprint density at radius 3 is 2.50 bits per heavy atom. The molecule has 1 nitrogen and oxygen atoms in total. The largest absolute Gasteiger partial charge is 0.416 e. The Labute approximate surface area is 91.9 Å². The standard InChI is InChI=1S/C12H10F3N/c1-2-16-8-7-11(16)9-5-3-4-6-10(9)12(13,14)15/h1,3-6,11H,7-8H2. The maximum Gasteiger partial charge on any atom is 0.416 e. The van der Waals surface area contributed by atoms with Crippen molar-refractivity contribution >= 4 is 0 Å². The molecule has 0 amide bonds. The first-order chi connectivity index (χ1) is 7.54. The molecule has 0 bridgehead atoms. The lowest BCUT2D eigenvalue weighted by molar-refractivity contribution is -0.139. The molecule has 1 aliphatic heterocycles. The van der Waals surface area contributed by atoms with Gasteiger partial charge in [0.1, 0.15) is 0 Å². The van der Waals surface area contributed by atoms with Gasteiger partial charge in [-0.2, -0.15) is 13.2 Å². The van der Waals surface area contributed by atoms with E-state index in [2.05, 4.69) is 6.04 Å². The summed E-state index contributed by atoms with van der Waals surface area (Å²) < 4.78 is 38.2. The summed E-state index contributed by atoms with van der Waals surface area (Å²) in [6.45, 7) is 0.660. The van der Waals surface area contributed by atoms with E-state index in [1.165, 1.54) is 12.1 Å². The van der Waals surface area contributed by atoms with Gasteiger partial charge in [0.25, 0.3) is 0 Å². The molecule has 0 radical (unpaired) electrons. The average molecular weight is 225 g/mol. The van der Waals surface area contributed by atoms with Gasteiger partial charge >= 0.3 is 6.18 Å². The number of terminal acetylenes is 1. The van der Waals surface area contributed by atoms with Crippen LogP contribution in [0.25, 0.3) is 0 Å². The van der Waals surface area contributed by atoms with Crippen molar-refractivity contribution in [2.45, 2.75) is 18.6 Å². The summed E-state index contributed by atoms with van der Waals surface area (Å²) in [7, 11) is 0. The molecule has 1 atom stereocenters. The van der Waals surface area contributed by atoms with Gasteiger partial charge in [-0.3, -0.25) is 0 Å². The Bertz CT molecular complexity index is 431. The van der Waals surface area contributed by atoms with Crippen molar-refractivity contribution in [2.24, 2.45) is 0 Å². The van der Waals surface area contributed by atoms with Gasteiger partial charge in [-0.25, -0.2) is 0 Å². The average Bonchev–Trinajstić information content (AvgIpc) is 2.16. The van der Waals surface area contributed by atoms with E-state index in [4.69, 9.17) is 6.42 Å². The van der Waals surface area contributed by atoms with Crippen molar-refractivity contribution in [3.63, 3.8) is 0 Å². The molecule has 0 N–H and O–H groups in total. The second-order valence-corrected chi connectivity index (χ2v) is 3.71. The summed E-state index contributed by atoms with van der Waals surface area (Å²) in [5, 5.41) is 0. The molecule has 2 rings (SSSR count). The van der Waals surface area contributed by atoms with Gasteiger partial charge in [0.05, 0.1) is 11.6 Å². The maximum atomic E-state index is 12.7. The molecular weight excluding hydrogens is 215 g/mol. The Balaban J connectivity index is 2.38. The quantitative estimate of drug-likeness (QED) is 0.664. The number of benzene rings is 1. The number of rotatable bonds is 1. The van der Waals surface area contributed by atoms with E-state index in [9.17, 15) is 13.2 Å². The minimum atomic E-state index is -4.31. The van der Waals surface area contributed by atoms with Crippen LogP contribution in [-0.2, 0) is 6.18 Å². The van der Waals surface area contributed by atoms with Crippen LogP contribution in [0.1, 0.15) is 23.6 Å². The van der Waals surface area contributed by atoms with Gasteiger partial charge in [0, 0.05) is 12.6 Å². The highest BCUT2D eigenvalue weighted by Gasteiger charge is 2.38. The molecule has 1 aromatic carbocycles. The molecule has 1 unspecified atom stereocenters. The molecule has 1 heterocycles. The van der Waals surface area contributed by atoms with E-state index in [1.54, 1.807) is 11.0 Å². The van der Waals surface area contributed by atoms with Crippen LogP contribution >= 0.6 is 0 Å². The first-order valence-electron chi connectivity index (χ1n) is 4.93. The zero-order valence-corrected chi connectivity index (χ0v) is 8.46. The van der Waals surface area contributed by atoms with Gasteiger partial charge in [0.2, 0.25) is 0 Å². The number of hydrogen-bond acceptors (Lipinski definition) is 1. The first kappa shape index (κ1) is 10.9. The summed E-state index contributed by atoms with van der Waals surface area (Å²) in [6.07, 6.45) is 1.58. The van der Waals surface area contributed by atoms with E-state index in [-0.39, 0.29) is 11.6 Å². The zero-order chi connectivity index (χ0) is 11.8. The fraction of sp³-hybridized carbons (Fsp3) is 0.333. The van der Waals surface area contributed by atoms with Crippen LogP contribution in [0, 0.1) is 12.5 Å². The molecule has 4 heteroatoms. The lowest BCUT2D eigenvalue weighted by atomic mass is 9.91. The minimum Gasteiger partial charge on any atom is -0.325 e. The van der Waals surface area contributed by atoms with Crippen LogP contribution in [0.2, 0.25) is 0 Å². The Hall–Kier alpha value is -1.63. The van der Waals surface area contributed by atoms with E-state index in [0.29, 0.717) is 13.0 Å². The number of alkyl halides is 3. The van der Waals surface area contributed by atoms with E-state index in [0.717, 1.165) is 6.07 Å². The molecule has 1 aliphatic rings. The highest BCUT2D eigenvalue weighted by Crippen LogP contribution is 2.40. The normalized spacial score (nSPS) is 20.1. The van der Waals surface area contributed by atoms with Crippen LogP contribution in [-0.4, -0.2) is 11.4 Å². The number of likely N-dealkylation sites (tertiary alicyclic amines) is 1. The predicted octanol–water partition coefficient (Wildman–Crippen LogP) is 3.04. The molecule has 1 fully saturated rings. The summed E-state index contributed by atoms with van der Waals surface area (Å²) in [5.41, 5.74) is -0.306. The SMILES string of the molecule is C#CN1CCC1c1ccccc1C(F)(F)F. The second kappa shape index (κ2) is 3.75. The summed E-state index contributed by atoms with van der Waals surface area (Å²) >= 11 is 0. The summed E-state index contributed by atoms with van der Waals surface area (Å²) in [6, 6.07) is 7.70. The summed E-state index contributed by atoms with van der Waals surface area (Å²) in [5.74, 6) is 0. The van der Waals surface area contributed by atoms with Crippen LogP contribution < -0.4 is 0 Å². The van der Waals surface area contributed by atoms with E-state index in [1.807, 2.05) is 0 Å². The molecule has 0 saturated carbocycles. The zero-order valence-electron chi connectivity index (χ0n) is 8.46. The smallest absolute Gasteiger partial charge is 0.325 e. The minimum absolute atomic E-state index is 0.277. The Kier molecular flexibility index (Phi) is 2.55. The van der Waals surface area contributed by atoms with Gasteiger partial charge < -0.3 is 4.90 Å². The summed E-state index contributed by atoms with van der Waals surface area (Å²) in [4.78, 5) is 1.59. The van der Waals surface area contributed by atoms with E-state index < -0.39 is 11.7 Å². The molecule has 0 aliphatic carbocycles. The molecule has 1 saturated heterocycles. The predicted molar refractivity (Wildman–Crippen MR) is 54.3 cm³/mol. The number of nitrogens with zero attached hydrogens (tertiary/aromatic N) is 1. The van der Waals surface area contributed by atoms with Crippen LogP contribution in [0.3, 0.4) is 0 Å². The molecule has 0 spiro atoms. The monoisotopic (exact) mass is 225 g/mol. The third-order valence-corrected chi connectivity index (χ3v) is 2.81. The van der Waals surface area contributed by atoms with Crippen molar-refractivity contribution in [1.29, 1.82) is 0 Å². The lowest BCUT2D eigenvalue weighted by Gasteiger charge is -2.39. The highest BCUT2D eigenvalue weighted by molar-refractivity contribution is 5.34. The second-order valence-electron chi connectivity index (χ2n) is 3.71. The fourth-order valence-corrected chi connectivity index (χ4v) is 1.91. The first-order valence-corrected chi connectivity index (χ1v) is 4.93. The Morgan fingerprint density at radius 1 is 1.31 bits per heavy atom. The van der Waals surface area contributed by atoms with Crippen molar-refractivity contribution in [2.75, 3.05) is 6.54 Å². The third kappa shape index (κ3) is 1.73. The van der Waals surface area contributed by atoms with Crippen LogP contribution in [0.4, 0.5) is 13.2 Å². The molecule has 0 aromatic heterocycles. The van der Waals surface area contributed by atoms with Gasteiger partial charge in [-0.05, 0) is 18.1 Å². The number of hydrogen-bond donors (Lipinski definition) is 0. The lowest BCUT2D eigenvalue weighted by Crippen LogP contribution is -2.38. The molecule has 84 valence electrons. The van der Waals surface area contributed by atoms with Gasteiger partial charge in [-0.15, -0.1) is 0 Å². The highest BCUT2D eigenvalue weighted by atomic mass is 19.4. The van der Waals surface area contributed by atoms with Crippen molar-refractivity contribution in [1.82, 2.24) is 4.90 Å². The van der Waals surface area contributed by atoms with Gasteiger partial charge in [-0.1, -0.05) is 24.6 Å². The third-order valence-electron chi connectivity index (χ3n) is 2.81. The molecular formula is C12H10F3N. The fourth-order valence-electron chi connectivity index (χ4n) is 1.91. The molecule has 16 heavy (non-hydrogen) atoms. The maximum absolute atomic E-state index is 12.7. The molecule has 1 aromatic rings. The van der Waals surface area contributed by atoms with E-state index >= 15 is 0 Å². The Morgan fingerprint density at radius 2 is 2.00 bits per heavy atom. The topological polar surface area (TPSA) is 3.24 Å². The van der Waals surface area contributed by atoms with Crippen LogP contribution in [0.15, 0.2) is 24.3 Å². The van der Waals surface area contributed by atoms with Gasteiger partial charge in [0.15, 0.2) is 0 Å². The van der Waals surface area contributed by atoms with Crippen molar-refractivity contribution in [3.05, 3.63) is 35.4 Å².